The average molecular weight is 185 g/mol. The maximum atomic E-state index is 10.4. The van der Waals surface area contributed by atoms with E-state index in [2.05, 4.69) is 10.0 Å². The number of hydrogen-bond acceptors (Lipinski definition) is 2. The fourth-order valence-electron chi connectivity index (χ4n) is 1.25. The average Bonchev–Trinajstić information content (AvgIpc) is 2.03. The van der Waals surface area contributed by atoms with Crippen molar-refractivity contribution in [3.63, 3.8) is 0 Å². The standard InChI is InChI=1S/C8H15N3O2/c1-3-4-6(2)7(10-11-9)5-8(12)13/h6-7H,3-5H2,1-2H3,(H,12,13). The lowest BCUT2D eigenvalue weighted by molar-refractivity contribution is -0.137. The molecule has 0 amide bonds. The van der Waals surface area contributed by atoms with E-state index in [1.54, 1.807) is 0 Å². The third-order valence-electron chi connectivity index (χ3n) is 1.98. The number of aliphatic carboxylic acids is 1. The van der Waals surface area contributed by atoms with Gasteiger partial charge in [-0.15, -0.1) is 0 Å². The van der Waals surface area contributed by atoms with Crippen LogP contribution < -0.4 is 0 Å². The first-order chi connectivity index (χ1) is 6.11. The minimum atomic E-state index is -0.916. The van der Waals surface area contributed by atoms with Crippen LogP contribution in [0.4, 0.5) is 0 Å². The Morgan fingerprint density at radius 3 is 2.69 bits per heavy atom. The Bertz CT molecular complexity index is 211. The predicted octanol–water partition coefficient (Wildman–Crippen LogP) is 2.58. The number of carbonyl (C=O) groups is 1. The van der Waals surface area contributed by atoms with Gasteiger partial charge in [0.05, 0.1) is 12.5 Å². The summed E-state index contributed by atoms with van der Waals surface area (Å²) in [6.07, 6.45) is 1.78. The van der Waals surface area contributed by atoms with Crippen LogP contribution in [0.25, 0.3) is 10.4 Å². The highest BCUT2D eigenvalue weighted by Crippen LogP contribution is 2.17. The second kappa shape index (κ2) is 6.31. The summed E-state index contributed by atoms with van der Waals surface area (Å²) in [4.78, 5) is 13.1. The van der Waals surface area contributed by atoms with Crippen molar-refractivity contribution in [3.05, 3.63) is 10.4 Å². The van der Waals surface area contributed by atoms with Crippen molar-refractivity contribution in [2.24, 2.45) is 11.0 Å². The third-order valence-corrected chi connectivity index (χ3v) is 1.98. The van der Waals surface area contributed by atoms with Gasteiger partial charge in [0.15, 0.2) is 0 Å². The Hall–Kier alpha value is -1.22. The fourth-order valence-corrected chi connectivity index (χ4v) is 1.25. The minimum absolute atomic E-state index is 0.0781. The van der Waals surface area contributed by atoms with E-state index in [1.165, 1.54) is 0 Å². The third kappa shape index (κ3) is 5.09. The van der Waals surface area contributed by atoms with Gasteiger partial charge in [0, 0.05) is 4.91 Å². The molecule has 0 aliphatic heterocycles. The largest absolute Gasteiger partial charge is 0.481 e. The second-order valence-corrected chi connectivity index (χ2v) is 3.14. The molecule has 0 radical (unpaired) electrons. The highest BCUT2D eigenvalue weighted by Gasteiger charge is 2.17. The molecule has 0 spiro atoms. The van der Waals surface area contributed by atoms with Gasteiger partial charge in [0.1, 0.15) is 0 Å². The number of hydrogen-bond donors (Lipinski definition) is 1. The molecule has 0 fully saturated rings. The molecule has 0 heterocycles. The molecule has 74 valence electrons. The van der Waals surface area contributed by atoms with E-state index in [4.69, 9.17) is 10.6 Å². The number of rotatable bonds is 6. The Balaban J connectivity index is 4.22. The Labute approximate surface area is 77.4 Å². The minimum Gasteiger partial charge on any atom is -0.481 e. The van der Waals surface area contributed by atoms with Gasteiger partial charge in [0.2, 0.25) is 0 Å². The predicted molar refractivity (Wildman–Crippen MR) is 49.3 cm³/mol. The van der Waals surface area contributed by atoms with Crippen LogP contribution in [0.15, 0.2) is 5.11 Å². The number of nitrogens with zero attached hydrogens (tertiary/aromatic N) is 3. The lowest BCUT2D eigenvalue weighted by atomic mass is 9.95. The number of carboxylic acid groups (broad SMARTS) is 1. The monoisotopic (exact) mass is 185 g/mol. The zero-order valence-corrected chi connectivity index (χ0v) is 7.97. The summed E-state index contributed by atoms with van der Waals surface area (Å²) < 4.78 is 0. The molecule has 0 aromatic heterocycles. The van der Waals surface area contributed by atoms with Gasteiger partial charge in [-0.3, -0.25) is 4.79 Å². The molecule has 0 bridgehead atoms. The molecule has 13 heavy (non-hydrogen) atoms. The molecule has 1 N–H and O–H groups in total. The van der Waals surface area contributed by atoms with Crippen LogP contribution in [-0.2, 0) is 4.79 Å². The van der Waals surface area contributed by atoms with Gasteiger partial charge in [-0.1, -0.05) is 31.8 Å². The van der Waals surface area contributed by atoms with Crippen molar-refractivity contribution in [2.45, 2.75) is 39.2 Å². The number of azide groups is 1. The maximum absolute atomic E-state index is 10.4. The van der Waals surface area contributed by atoms with Gasteiger partial charge >= 0.3 is 5.97 Å². The summed E-state index contributed by atoms with van der Waals surface area (Å²) in [6.45, 7) is 3.93. The molecule has 2 unspecified atom stereocenters. The maximum Gasteiger partial charge on any atom is 0.303 e. The molecule has 5 heteroatoms. The van der Waals surface area contributed by atoms with Crippen molar-refractivity contribution in [2.75, 3.05) is 0 Å². The van der Waals surface area contributed by atoms with E-state index in [9.17, 15) is 4.79 Å². The Morgan fingerprint density at radius 1 is 1.69 bits per heavy atom. The normalized spacial score (nSPS) is 14.3. The van der Waals surface area contributed by atoms with Crippen LogP contribution in [0, 0.1) is 5.92 Å². The van der Waals surface area contributed by atoms with Gasteiger partial charge in [-0.05, 0) is 11.4 Å². The molecule has 0 saturated carbocycles. The highest BCUT2D eigenvalue weighted by molar-refractivity contribution is 5.67. The van der Waals surface area contributed by atoms with Crippen molar-refractivity contribution < 1.29 is 9.90 Å². The molecule has 0 aromatic rings. The van der Waals surface area contributed by atoms with Crippen LogP contribution in [0.2, 0.25) is 0 Å². The van der Waals surface area contributed by atoms with E-state index < -0.39 is 12.0 Å². The molecular formula is C8H15N3O2. The number of carboxylic acids is 1. The van der Waals surface area contributed by atoms with Crippen molar-refractivity contribution in [1.29, 1.82) is 0 Å². The van der Waals surface area contributed by atoms with Gasteiger partial charge in [0.25, 0.3) is 0 Å². The molecule has 2 atom stereocenters. The quantitative estimate of drug-likeness (QED) is 0.391. The van der Waals surface area contributed by atoms with E-state index in [-0.39, 0.29) is 12.3 Å². The van der Waals surface area contributed by atoms with Crippen LogP contribution in [0.1, 0.15) is 33.1 Å². The zero-order valence-electron chi connectivity index (χ0n) is 7.97. The zero-order chi connectivity index (χ0) is 10.3. The summed E-state index contributed by atoms with van der Waals surface area (Å²) in [5.41, 5.74) is 8.23. The summed E-state index contributed by atoms with van der Waals surface area (Å²) in [6, 6.07) is -0.414. The topological polar surface area (TPSA) is 86.1 Å². The van der Waals surface area contributed by atoms with Crippen LogP contribution in [0.5, 0.6) is 0 Å². The smallest absolute Gasteiger partial charge is 0.303 e. The summed E-state index contributed by atoms with van der Waals surface area (Å²) >= 11 is 0. The Kier molecular flexibility index (Phi) is 5.72. The van der Waals surface area contributed by atoms with Gasteiger partial charge < -0.3 is 5.11 Å². The van der Waals surface area contributed by atoms with Gasteiger partial charge in [-0.2, -0.15) is 0 Å². The first-order valence-corrected chi connectivity index (χ1v) is 4.37. The first kappa shape index (κ1) is 11.8. The Morgan fingerprint density at radius 2 is 2.31 bits per heavy atom. The summed E-state index contributed by atoms with van der Waals surface area (Å²) in [5.74, 6) is -0.780. The lowest BCUT2D eigenvalue weighted by Crippen LogP contribution is -2.19. The van der Waals surface area contributed by atoms with Crippen LogP contribution in [-0.4, -0.2) is 17.1 Å². The van der Waals surface area contributed by atoms with Crippen molar-refractivity contribution in [1.82, 2.24) is 0 Å². The van der Waals surface area contributed by atoms with Crippen LogP contribution in [0.3, 0.4) is 0 Å². The van der Waals surface area contributed by atoms with Crippen molar-refractivity contribution in [3.8, 4) is 0 Å². The molecule has 0 aromatic carbocycles. The second-order valence-electron chi connectivity index (χ2n) is 3.14. The van der Waals surface area contributed by atoms with Crippen LogP contribution >= 0.6 is 0 Å². The molecule has 0 aliphatic carbocycles. The molecule has 0 saturated heterocycles. The molecule has 0 aliphatic rings. The first-order valence-electron chi connectivity index (χ1n) is 4.37. The van der Waals surface area contributed by atoms with Crippen molar-refractivity contribution >= 4 is 5.97 Å². The summed E-state index contributed by atoms with van der Waals surface area (Å²) in [5, 5.41) is 12.0. The summed E-state index contributed by atoms with van der Waals surface area (Å²) in [7, 11) is 0. The van der Waals surface area contributed by atoms with E-state index in [0.717, 1.165) is 12.8 Å². The molecule has 5 nitrogen and oxygen atoms in total. The van der Waals surface area contributed by atoms with E-state index >= 15 is 0 Å². The fraction of sp³-hybridized carbons (Fsp3) is 0.875. The highest BCUT2D eigenvalue weighted by atomic mass is 16.4. The molecule has 0 rings (SSSR count). The van der Waals surface area contributed by atoms with Gasteiger partial charge in [-0.25, -0.2) is 0 Å². The molecular weight excluding hydrogens is 170 g/mol. The van der Waals surface area contributed by atoms with E-state index in [1.807, 2.05) is 13.8 Å². The lowest BCUT2D eigenvalue weighted by Gasteiger charge is -2.16. The SMILES string of the molecule is CCCC(C)C(CC(=O)O)N=[N+]=[N-]. The van der Waals surface area contributed by atoms with E-state index in [0.29, 0.717) is 0 Å².